The summed E-state index contributed by atoms with van der Waals surface area (Å²) in [4.78, 5) is 19.5. The van der Waals surface area contributed by atoms with Crippen molar-refractivity contribution in [2.24, 2.45) is 0 Å². The van der Waals surface area contributed by atoms with Gasteiger partial charge in [-0.15, -0.1) is 0 Å². The van der Waals surface area contributed by atoms with Crippen LogP contribution >= 0.6 is 0 Å². The Morgan fingerprint density at radius 1 is 1.07 bits per heavy atom. The summed E-state index contributed by atoms with van der Waals surface area (Å²) >= 11 is 0. The molecule has 150 valence electrons. The second kappa shape index (κ2) is 6.62. The molecule has 0 radical (unpaired) electrons. The van der Waals surface area contributed by atoms with E-state index in [2.05, 4.69) is 10.1 Å². The third-order valence-corrected chi connectivity index (χ3v) is 5.50. The summed E-state index contributed by atoms with van der Waals surface area (Å²) in [7, 11) is 0. The fourth-order valence-electron chi connectivity index (χ4n) is 4.01. The molecule has 30 heavy (non-hydrogen) atoms. The second-order valence-corrected chi connectivity index (χ2v) is 7.32. The van der Waals surface area contributed by atoms with Crippen LogP contribution in [0.5, 0.6) is 11.5 Å². The third kappa shape index (κ3) is 2.72. The van der Waals surface area contributed by atoms with Crippen molar-refractivity contribution in [3.63, 3.8) is 0 Å². The monoisotopic (exact) mass is 403 g/mol. The zero-order valence-corrected chi connectivity index (χ0v) is 15.9. The predicted octanol–water partition coefficient (Wildman–Crippen LogP) is 4.19. The molecule has 1 atom stereocenters. The molecule has 2 aromatic heterocycles. The molecule has 1 unspecified atom stereocenters. The first-order valence-electron chi connectivity index (χ1n) is 9.79. The molecule has 0 aliphatic carbocycles. The lowest BCUT2D eigenvalue weighted by molar-refractivity contribution is 0.0706. The van der Waals surface area contributed by atoms with Crippen LogP contribution in [0.25, 0.3) is 22.4 Å². The maximum atomic E-state index is 13.2. The highest BCUT2D eigenvalue weighted by atomic mass is 16.7. The molecule has 1 saturated heterocycles. The minimum Gasteiger partial charge on any atom is -0.454 e. The minimum atomic E-state index is -0.212. The van der Waals surface area contributed by atoms with Gasteiger partial charge < -0.3 is 23.3 Å². The number of amides is 1. The van der Waals surface area contributed by atoms with E-state index >= 15 is 0 Å². The number of hydrogen-bond acceptors (Lipinski definition) is 7. The lowest BCUT2D eigenvalue weighted by Crippen LogP contribution is -2.30. The molecule has 2 aliphatic rings. The fraction of sp³-hybridized carbons (Fsp3) is 0.227. The number of nitrogens with zero attached hydrogens (tertiary/aromatic N) is 3. The van der Waals surface area contributed by atoms with Crippen molar-refractivity contribution in [1.29, 1.82) is 0 Å². The van der Waals surface area contributed by atoms with Gasteiger partial charge in [-0.3, -0.25) is 4.79 Å². The molecule has 0 N–H and O–H groups in total. The third-order valence-electron chi connectivity index (χ3n) is 5.50. The minimum absolute atomic E-state index is 0.199. The molecule has 0 spiro atoms. The Bertz CT molecular complexity index is 1230. The van der Waals surface area contributed by atoms with Crippen molar-refractivity contribution in [1.82, 2.24) is 15.0 Å². The summed E-state index contributed by atoms with van der Waals surface area (Å²) in [6.45, 7) is 0.819. The highest BCUT2D eigenvalue weighted by Gasteiger charge is 2.35. The van der Waals surface area contributed by atoms with Crippen LogP contribution in [0.2, 0.25) is 0 Å². The summed E-state index contributed by atoms with van der Waals surface area (Å²) in [5, 5.41) is 4.01. The van der Waals surface area contributed by atoms with Gasteiger partial charge in [0.05, 0.1) is 0 Å². The first-order chi connectivity index (χ1) is 14.8. The van der Waals surface area contributed by atoms with Crippen LogP contribution in [0.3, 0.4) is 0 Å². The summed E-state index contributed by atoms with van der Waals surface area (Å²) in [5.74, 6) is 2.19. The molecular weight excluding hydrogens is 386 g/mol. The van der Waals surface area contributed by atoms with Gasteiger partial charge >= 0.3 is 0 Å². The summed E-state index contributed by atoms with van der Waals surface area (Å²) in [6, 6.07) is 14.5. The van der Waals surface area contributed by atoms with Crippen LogP contribution in [0.1, 0.15) is 35.3 Å². The van der Waals surface area contributed by atoms with E-state index in [1.54, 1.807) is 11.0 Å². The number of likely N-dealkylation sites (tertiary alicyclic amines) is 1. The van der Waals surface area contributed by atoms with Crippen LogP contribution in [0.15, 0.2) is 57.5 Å². The van der Waals surface area contributed by atoms with Crippen molar-refractivity contribution in [2.75, 3.05) is 13.3 Å². The van der Waals surface area contributed by atoms with Gasteiger partial charge in [-0.25, -0.2) is 4.98 Å². The van der Waals surface area contributed by atoms with Gasteiger partial charge in [-0.05, 0) is 43.2 Å². The molecule has 0 saturated carbocycles. The maximum Gasteiger partial charge on any atom is 0.276 e. The normalized spacial score (nSPS) is 17.7. The summed E-state index contributed by atoms with van der Waals surface area (Å²) in [6.07, 6.45) is 1.67. The molecule has 2 aliphatic heterocycles. The van der Waals surface area contributed by atoms with Gasteiger partial charge in [0.25, 0.3) is 5.91 Å². The van der Waals surface area contributed by atoms with Gasteiger partial charge in [0, 0.05) is 18.2 Å². The number of carbonyl (C=O) groups excluding carboxylic acids is 1. The fourth-order valence-corrected chi connectivity index (χ4v) is 4.01. The maximum absolute atomic E-state index is 13.2. The smallest absolute Gasteiger partial charge is 0.276 e. The molecule has 2 aromatic carbocycles. The van der Waals surface area contributed by atoms with Crippen LogP contribution in [0.4, 0.5) is 0 Å². The van der Waals surface area contributed by atoms with Crippen LogP contribution < -0.4 is 9.47 Å². The highest BCUT2D eigenvalue weighted by Crippen LogP contribution is 2.37. The molecule has 1 amide bonds. The zero-order valence-electron chi connectivity index (χ0n) is 15.9. The summed E-state index contributed by atoms with van der Waals surface area (Å²) in [5.41, 5.74) is 2.53. The van der Waals surface area contributed by atoms with Crippen molar-refractivity contribution in [3.05, 3.63) is 60.1 Å². The van der Waals surface area contributed by atoms with E-state index in [9.17, 15) is 4.79 Å². The van der Waals surface area contributed by atoms with E-state index in [-0.39, 0.29) is 24.4 Å². The number of para-hydroxylation sites is 2. The van der Waals surface area contributed by atoms with Gasteiger partial charge in [0.2, 0.25) is 12.7 Å². The number of rotatable bonds is 3. The van der Waals surface area contributed by atoms with Crippen molar-refractivity contribution < 1.29 is 23.2 Å². The van der Waals surface area contributed by atoms with E-state index in [1.807, 2.05) is 42.5 Å². The number of aromatic nitrogens is 2. The molecule has 8 nitrogen and oxygen atoms in total. The predicted molar refractivity (Wildman–Crippen MR) is 105 cm³/mol. The Balaban J connectivity index is 1.27. The zero-order chi connectivity index (χ0) is 20.1. The van der Waals surface area contributed by atoms with Crippen LogP contribution in [-0.2, 0) is 0 Å². The standard InChI is InChI=1S/C22H17N3O5/c26-22(15-11-19(30-24-15)13-7-8-18-20(10-13)28-12-27-18)25-9-3-5-16(25)21-23-14-4-1-2-6-17(14)29-21/h1-2,4,6-8,10-11,16H,3,5,9,12H2. The number of carbonyl (C=O) groups is 1. The molecule has 0 bridgehead atoms. The number of hydrogen-bond donors (Lipinski definition) is 0. The van der Waals surface area contributed by atoms with Gasteiger partial charge in [0.1, 0.15) is 11.6 Å². The lowest BCUT2D eigenvalue weighted by Gasteiger charge is -2.20. The largest absolute Gasteiger partial charge is 0.454 e. The number of fused-ring (bicyclic) bond motifs is 2. The molecular formula is C22H17N3O5. The van der Waals surface area contributed by atoms with E-state index in [4.69, 9.17) is 18.4 Å². The Hall–Kier alpha value is -3.81. The van der Waals surface area contributed by atoms with Crippen LogP contribution in [-0.4, -0.2) is 34.3 Å². The van der Waals surface area contributed by atoms with E-state index in [0.717, 1.165) is 29.5 Å². The Morgan fingerprint density at radius 3 is 2.90 bits per heavy atom. The Kier molecular flexibility index (Phi) is 3.77. The van der Waals surface area contributed by atoms with E-state index in [1.165, 1.54) is 0 Å². The van der Waals surface area contributed by atoms with Crippen LogP contribution in [0, 0.1) is 0 Å². The number of ether oxygens (including phenoxy) is 2. The van der Waals surface area contributed by atoms with Crippen molar-refractivity contribution in [2.45, 2.75) is 18.9 Å². The Labute approximate surface area is 171 Å². The number of benzene rings is 2. The average molecular weight is 403 g/mol. The first kappa shape index (κ1) is 17.1. The van der Waals surface area contributed by atoms with E-state index < -0.39 is 0 Å². The topological polar surface area (TPSA) is 90.8 Å². The molecule has 1 fully saturated rings. The lowest BCUT2D eigenvalue weighted by atomic mass is 10.1. The second-order valence-electron chi connectivity index (χ2n) is 7.32. The van der Waals surface area contributed by atoms with Crippen molar-refractivity contribution >= 4 is 17.0 Å². The first-order valence-corrected chi connectivity index (χ1v) is 9.79. The molecule has 8 heteroatoms. The van der Waals surface area contributed by atoms with Crippen molar-refractivity contribution in [3.8, 4) is 22.8 Å². The highest BCUT2D eigenvalue weighted by molar-refractivity contribution is 5.93. The molecule has 6 rings (SSSR count). The SMILES string of the molecule is O=C(c1cc(-c2ccc3c(c2)OCO3)on1)N1CCCC1c1nc2ccccc2o1. The van der Waals surface area contributed by atoms with Gasteiger partial charge in [-0.2, -0.15) is 0 Å². The average Bonchev–Trinajstić information content (AvgIpc) is 3.57. The number of oxazole rings is 1. The molecule has 4 aromatic rings. The van der Waals surface area contributed by atoms with Gasteiger partial charge in [0.15, 0.2) is 28.5 Å². The van der Waals surface area contributed by atoms with E-state index in [0.29, 0.717) is 29.7 Å². The van der Waals surface area contributed by atoms with Gasteiger partial charge in [-0.1, -0.05) is 17.3 Å². The quantitative estimate of drug-likeness (QED) is 0.506. The Morgan fingerprint density at radius 2 is 1.97 bits per heavy atom. The molecule has 4 heterocycles. The summed E-state index contributed by atoms with van der Waals surface area (Å²) < 4.78 is 22.1.